The van der Waals surface area contributed by atoms with Crippen LogP contribution in [0.25, 0.3) is 0 Å². The van der Waals surface area contributed by atoms with Gasteiger partial charge in [-0.1, -0.05) is 6.07 Å². The van der Waals surface area contributed by atoms with Crippen molar-refractivity contribution in [3.05, 3.63) is 29.8 Å². The average Bonchev–Trinajstić information content (AvgIpc) is 3.01. The van der Waals surface area contributed by atoms with Gasteiger partial charge in [-0.05, 0) is 30.4 Å². The minimum atomic E-state index is -3.60. The number of rotatable bonds is 6. The van der Waals surface area contributed by atoms with Crippen LogP contribution in [-0.2, 0) is 14.8 Å². The van der Waals surface area contributed by atoms with E-state index < -0.39 is 10.0 Å². The van der Waals surface area contributed by atoms with E-state index in [0.717, 1.165) is 17.9 Å². The summed E-state index contributed by atoms with van der Waals surface area (Å²) in [6.07, 6.45) is 0.853. The quantitative estimate of drug-likeness (QED) is 0.796. The van der Waals surface area contributed by atoms with E-state index in [9.17, 15) is 8.42 Å². The highest BCUT2D eigenvalue weighted by atomic mass is 32.2. The molecule has 0 radical (unpaired) electrons. The molecule has 1 aromatic carbocycles. The molecule has 0 aromatic heterocycles. The van der Waals surface area contributed by atoms with E-state index in [2.05, 4.69) is 0 Å². The van der Waals surface area contributed by atoms with Crippen molar-refractivity contribution >= 4 is 21.8 Å². The molecule has 21 heavy (non-hydrogen) atoms. The smallest absolute Gasteiger partial charge is 0.243 e. The summed E-state index contributed by atoms with van der Waals surface area (Å²) in [5.74, 6) is 1.78. The average molecular weight is 326 g/mol. The fourth-order valence-corrected chi connectivity index (χ4v) is 5.29. The molecule has 0 spiro atoms. The molecule has 1 aromatic rings. The maximum atomic E-state index is 12.8. The highest BCUT2D eigenvalue weighted by Crippen LogP contribution is 2.27. The number of ether oxygens (including phenoxy) is 1. The molecule has 0 N–H and O–H groups in total. The van der Waals surface area contributed by atoms with Gasteiger partial charge in [0.15, 0.2) is 0 Å². The minimum absolute atomic E-state index is 0.000826. The summed E-state index contributed by atoms with van der Waals surface area (Å²) in [5, 5.41) is 8.94. The van der Waals surface area contributed by atoms with Crippen molar-refractivity contribution in [1.29, 1.82) is 5.26 Å². The molecule has 1 heterocycles. The lowest BCUT2D eigenvalue weighted by Gasteiger charge is -2.27. The third-order valence-corrected chi connectivity index (χ3v) is 6.49. The first-order valence-corrected chi connectivity index (χ1v) is 9.27. The summed E-state index contributed by atoms with van der Waals surface area (Å²) in [6.45, 7) is 0.694. The summed E-state index contributed by atoms with van der Waals surface area (Å²) in [7, 11) is -2.04. The fourth-order valence-electron chi connectivity index (χ4n) is 2.29. The van der Waals surface area contributed by atoms with Gasteiger partial charge in [0, 0.05) is 25.4 Å². The number of hydrogen-bond acceptors (Lipinski definition) is 5. The standard InChI is InChI=1S/C14H18N2O3S2/c1-19-7-6-16(13-5-8-20-11-13)21(17,18)14-4-2-3-12(9-14)10-15/h2-4,9,13H,5-8,11H2,1H3/t13-/m0/s1. The maximum Gasteiger partial charge on any atom is 0.243 e. The number of methoxy groups -OCH3 is 1. The van der Waals surface area contributed by atoms with Crippen molar-refractivity contribution in [3.8, 4) is 6.07 Å². The van der Waals surface area contributed by atoms with Crippen LogP contribution in [0.5, 0.6) is 0 Å². The first kappa shape index (κ1) is 16.3. The Morgan fingerprint density at radius 3 is 2.95 bits per heavy atom. The second kappa shape index (κ2) is 7.27. The molecule has 2 rings (SSSR count). The van der Waals surface area contributed by atoms with Gasteiger partial charge < -0.3 is 4.74 Å². The Bertz CT molecular complexity index is 619. The number of nitriles is 1. The zero-order valence-corrected chi connectivity index (χ0v) is 13.5. The van der Waals surface area contributed by atoms with Gasteiger partial charge in [0.25, 0.3) is 0 Å². The zero-order valence-electron chi connectivity index (χ0n) is 11.9. The van der Waals surface area contributed by atoms with Gasteiger partial charge in [-0.25, -0.2) is 8.42 Å². The van der Waals surface area contributed by atoms with Gasteiger partial charge in [-0.2, -0.15) is 21.3 Å². The normalized spacial score (nSPS) is 18.8. The zero-order chi connectivity index (χ0) is 15.3. The monoisotopic (exact) mass is 326 g/mol. The SMILES string of the molecule is COCCN([C@H]1CCSC1)S(=O)(=O)c1cccc(C#N)c1. The molecule has 114 valence electrons. The molecule has 7 heteroatoms. The molecular formula is C14H18N2O3S2. The Morgan fingerprint density at radius 1 is 1.52 bits per heavy atom. The molecule has 1 aliphatic heterocycles. The van der Waals surface area contributed by atoms with Crippen molar-refractivity contribution < 1.29 is 13.2 Å². The molecule has 1 atom stereocenters. The Kier molecular flexibility index (Phi) is 5.65. The maximum absolute atomic E-state index is 12.8. The van der Waals surface area contributed by atoms with Crippen molar-refractivity contribution in [2.24, 2.45) is 0 Å². The predicted octanol–water partition coefficient (Wildman–Crippen LogP) is 1.70. The Morgan fingerprint density at radius 2 is 2.33 bits per heavy atom. The third kappa shape index (κ3) is 3.77. The molecule has 1 fully saturated rings. The van der Waals surface area contributed by atoms with E-state index in [4.69, 9.17) is 10.00 Å². The molecule has 0 bridgehead atoms. The van der Waals surface area contributed by atoms with Crippen LogP contribution in [0, 0.1) is 11.3 Å². The minimum Gasteiger partial charge on any atom is -0.383 e. The Hall–Kier alpha value is -1.07. The van der Waals surface area contributed by atoms with Crippen molar-refractivity contribution in [1.82, 2.24) is 4.31 Å². The molecule has 1 saturated heterocycles. The summed E-state index contributed by atoms with van der Waals surface area (Å²) in [4.78, 5) is 0.176. The van der Waals surface area contributed by atoms with Crippen molar-refractivity contribution in [3.63, 3.8) is 0 Å². The lowest BCUT2D eigenvalue weighted by atomic mass is 10.2. The molecule has 0 unspecified atom stereocenters. The van der Waals surface area contributed by atoms with E-state index in [1.54, 1.807) is 31.0 Å². The molecule has 0 aliphatic carbocycles. The van der Waals surface area contributed by atoms with E-state index in [1.165, 1.54) is 16.4 Å². The lowest BCUT2D eigenvalue weighted by molar-refractivity contribution is 0.169. The molecule has 1 aliphatic rings. The number of hydrogen-bond donors (Lipinski definition) is 0. The van der Waals surface area contributed by atoms with Gasteiger partial charge in [-0.3, -0.25) is 0 Å². The topological polar surface area (TPSA) is 70.4 Å². The van der Waals surface area contributed by atoms with Crippen molar-refractivity contribution in [2.45, 2.75) is 17.4 Å². The molecular weight excluding hydrogens is 308 g/mol. The van der Waals surface area contributed by atoms with Crippen LogP contribution < -0.4 is 0 Å². The number of nitrogens with zero attached hydrogens (tertiary/aromatic N) is 2. The first-order valence-electron chi connectivity index (χ1n) is 6.68. The predicted molar refractivity (Wildman–Crippen MR) is 82.7 cm³/mol. The van der Waals surface area contributed by atoms with E-state index >= 15 is 0 Å². The number of thioether (sulfide) groups is 1. The van der Waals surface area contributed by atoms with Crippen LogP contribution >= 0.6 is 11.8 Å². The molecule has 5 nitrogen and oxygen atoms in total. The largest absolute Gasteiger partial charge is 0.383 e. The summed E-state index contributed by atoms with van der Waals surface area (Å²) in [6, 6.07) is 8.15. The summed E-state index contributed by atoms with van der Waals surface area (Å²) in [5.41, 5.74) is 0.351. The highest BCUT2D eigenvalue weighted by Gasteiger charge is 2.33. The first-order chi connectivity index (χ1) is 10.1. The third-order valence-electron chi connectivity index (χ3n) is 3.40. The van der Waals surface area contributed by atoms with Gasteiger partial charge in [0.05, 0.1) is 23.1 Å². The fraction of sp³-hybridized carbons (Fsp3) is 0.500. The van der Waals surface area contributed by atoms with Gasteiger partial charge in [0.1, 0.15) is 0 Å². The molecule has 0 amide bonds. The van der Waals surface area contributed by atoms with Gasteiger partial charge in [-0.15, -0.1) is 0 Å². The van der Waals surface area contributed by atoms with Crippen molar-refractivity contribution in [2.75, 3.05) is 31.8 Å². The second-order valence-electron chi connectivity index (χ2n) is 4.77. The Labute approximate surface area is 129 Å². The van der Waals surface area contributed by atoms with Crippen LogP contribution in [0.4, 0.5) is 0 Å². The lowest BCUT2D eigenvalue weighted by Crippen LogP contribution is -2.42. The highest BCUT2D eigenvalue weighted by molar-refractivity contribution is 7.99. The van der Waals surface area contributed by atoms with Crippen LogP contribution in [0.1, 0.15) is 12.0 Å². The summed E-state index contributed by atoms with van der Waals surface area (Å²) < 4.78 is 32.3. The van der Waals surface area contributed by atoms with Crippen LogP contribution in [-0.4, -0.2) is 50.5 Å². The number of sulfonamides is 1. The Balaban J connectivity index is 2.33. The second-order valence-corrected chi connectivity index (χ2v) is 7.81. The van der Waals surface area contributed by atoms with Crippen LogP contribution in [0.15, 0.2) is 29.2 Å². The van der Waals surface area contributed by atoms with E-state index in [1.807, 2.05) is 6.07 Å². The van der Waals surface area contributed by atoms with Crippen LogP contribution in [0.2, 0.25) is 0 Å². The molecule has 0 saturated carbocycles. The van der Waals surface area contributed by atoms with Crippen LogP contribution in [0.3, 0.4) is 0 Å². The van der Waals surface area contributed by atoms with Gasteiger partial charge in [0.2, 0.25) is 10.0 Å². The van der Waals surface area contributed by atoms with Gasteiger partial charge >= 0.3 is 0 Å². The summed E-state index contributed by atoms with van der Waals surface area (Å²) >= 11 is 1.76. The number of benzene rings is 1. The van der Waals surface area contributed by atoms with E-state index in [-0.39, 0.29) is 10.9 Å². The van der Waals surface area contributed by atoms with E-state index in [0.29, 0.717) is 18.7 Å².